The first-order valence-corrected chi connectivity index (χ1v) is 7.99. The molecule has 1 spiro atoms. The van der Waals surface area contributed by atoms with Crippen molar-refractivity contribution in [3.63, 3.8) is 0 Å². The molecule has 2 aromatic rings. The van der Waals surface area contributed by atoms with E-state index in [9.17, 15) is 4.39 Å². The van der Waals surface area contributed by atoms with E-state index < -0.39 is 5.82 Å². The van der Waals surface area contributed by atoms with Gasteiger partial charge in [-0.05, 0) is 25.3 Å². The van der Waals surface area contributed by atoms with Gasteiger partial charge in [-0.3, -0.25) is 0 Å². The van der Waals surface area contributed by atoms with Crippen molar-refractivity contribution in [2.24, 2.45) is 5.41 Å². The lowest BCUT2D eigenvalue weighted by atomic mass is 9.79. The number of nitrogens with zero attached hydrogens (tertiary/aromatic N) is 6. The van der Waals surface area contributed by atoms with Crippen LogP contribution in [0.3, 0.4) is 0 Å². The summed E-state index contributed by atoms with van der Waals surface area (Å²) in [7, 11) is 0. The van der Waals surface area contributed by atoms with Gasteiger partial charge in [0.2, 0.25) is 11.9 Å². The molecular weight excluding hydrogens is 295 g/mol. The minimum atomic E-state index is -0.395. The Hall–Kier alpha value is -2.31. The zero-order valence-corrected chi connectivity index (χ0v) is 12.9. The SMILES string of the molecule is Fc1cnc(N2CCC[C@@]3(CCN(c4ncccn4)C3)C2)nc1. The van der Waals surface area contributed by atoms with E-state index in [1.807, 2.05) is 6.07 Å². The maximum absolute atomic E-state index is 13.0. The van der Waals surface area contributed by atoms with Crippen molar-refractivity contribution in [3.05, 3.63) is 36.7 Å². The Morgan fingerprint density at radius 2 is 1.52 bits per heavy atom. The minimum absolute atomic E-state index is 0.217. The van der Waals surface area contributed by atoms with Gasteiger partial charge in [-0.25, -0.2) is 24.3 Å². The van der Waals surface area contributed by atoms with Crippen molar-refractivity contribution < 1.29 is 4.39 Å². The van der Waals surface area contributed by atoms with Gasteiger partial charge < -0.3 is 9.80 Å². The third-order valence-electron chi connectivity index (χ3n) is 4.82. The van der Waals surface area contributed by atoms with Crippen LogP contribution in [0.4, 0.5) is 16.3 Å². The summed E-state index contributed by atoms with van der Waals surface area (Å²) in [6.45, 7) is 3.76. The third-order valence-corrected chi connectivity index (χ3v) is 4.82. The van der Waals surface area contributed by atoms with E-state index in [2.05, 4.69) is 29.7 Å². The molecule has 1 atom stereocenters. The fourth-order valence-corrected chi connectivity index (χ4v) is 3.74. The number of aromatic nitrogens is 4. The molecule has 0 saturated carbocycles. The van der Waals surface area contributed by atoms with E-state index in [-0.39, 0.29) is 5.41 Å². The van der Waals surface area contributed by atoms with Gasteiger partial charge >= 0.3 is 0 Å². The number of piperidine rings is 1. The molecule has 2 saturated heterocycles. The number of hydrogen-bond donors (Lipinski definition) is 0. The molecule has 0 N–H and O–H groups in total. The zero-order valence-electron chi connectivity index (χ0n) is 12.9. The molecule has 0 bridgehead atoms. The van der Waals surface area contributed by atoms with Crippen LogP contribution >= 0.6 is 0 Å². The van der Waals surface area contributed by atoms with Crippen LogP contribution in [0, 0.1) is 11.2 Å². The first-order valence-electron chi connectivity index (χ1n) is 7.99. The van der Waals surface area contributed by atoms with Gasteiger partial charge in [0.15, 0.2) is 5.82 Å². The van der Waals surface area contributed by atoms with Crippen molar-refractivity contribution in [1.29, 1.82) is 0 Å². The first kappa shape index (κ1) is 14.3. The number of halogens is 1. The van der Waals surface area contributed by atoms with Gasteiger partial charge in [0.25, 0.3) is 0 Å². The maximum Gasteiger partial charge on any atom is 0.225 e. The molecular formula is C16H19FN6. The third kappa shape index (κ3) is 2.83. The molecule has 0 aliphatic carbocycles. The molecule has 120 valence electrons. The predicted octanol–water partition coefficient (Wildman–Crippen LogP) is 1.90. The fraction of sp³-hybridized carbons (Fsp3) is 0.500. The van der Waals surface area contributed by atoms with Crippen LogP contribution in [0.2, 0.25) is 0 Å². The zero-order chi connectivity index (χ0) is 15.7. The molecule has 0 aromatic carbocycles. The maximum atomic E-state index is 13.0. The highest BCUT2D eigenvalue weighted by molar-refractivity contribution is 5.35. The standard InChI is InChI=1S/C16H19FN6/c17-13-9-20-15(21-10-13)22-7-1-3-16(11-22)4-8-23(12-16)14-18-5-2-6-19-14/h2,5-6,9-10H,1,3-4,7-8,11-12H2/t16-/m1/s1. The monoisotopic (exact) mass is 314 g/mol. The molecule has 0 unspecified atom stereocenters. The normalized spacial score (nSPS) is 24.4. The van der Waals surface area contributed by atoms with E-state index in [1.165, 1.54) is 18.8 Å². The summed E-state index contributed by atoms with van der Waals surface area (Å²) in [4.78, 5) is 21.4. The average molecular weight is 314 g/mol. The Morgan fingerprint density at radius 3 is 2.26 bits per heavy atom. The minimum Gasteiger partial charge on any atom is -0.340 e. The van der Waals surface area contributed by atoms with Gasteiger partial charge in [-0.15, -0.1) is 0 Å². The lowest BCUT2D eigenvalue weighted by molar-refractivity contribution is 0.262. The number of anilines is 2. The van der Waals surface area contributed by atoms with Gasteiger partial charge in [0.05, 0.1) is 12.4 Å². The Labute approximate surface area is 134 Å². The van der Waals surface area contributed by atoms with Gasteiger partial charge in [0.1, 0.15) is 0 Å². The quantitative estimate of drug-likeness (QED) is 0.844. The van der Waals surface area contributed by atoms with Crippen LogP contribution in [0.1, 0.15) is 19.3 Å². The number of rotatable bonds is 2. The lowest BCUT2D eigenvalue weighted by Crippen LogP contribution is -2.45. The van der Waals surface area contributed by atoms with Gasteiger partial charge in [0, 0.05) is 44.0 Å². The highest BCUT2D eigenvalue weighted by atomic mass is 19.1. The van der Waals surface area contributed by atoms with E-state index in [1.54, 1.807) is 12.4 Å². The van der Waals surface area contributed by atoms with Crippen molar-refractivity contribution in [1.82, 2.24) is 19.9 Å². The average Bonchev–Trinajstić information content (AvgIpc) is 3.00. The molecule has 23 heavy (non-hydrogen) atoms. The van der Waals surface area contributed by atoms with Gasteiger partial charge in [-0.1, -0.05) is 0 Å². The largest absolute Gasteiger partial charge is 0.340 e. The van der Waals surface area contributed by atoms with Crippen molar-refractivity contribution in [3.8, 4) is 0 Å². The molecule has 0 amide bonds. The van der Waals surface area contributed by atoms with Crippen LogP contribution in [0.25, 0.3) is 0 Å². The second kappa shape index (κ2) is 5.72. The van der Waals surface area contributed by atoms with Crippen LogP contribution in [-0.4, -0.2) is 46.1 Å². The van der Waals surface area contributed by atoms with Crippen molar-refractivity contribution in [2.75, 3.05) is 36.0 Å². The summed E-state index contributed by atoms with van der Waals surface area (Å²) in [5, 5.41) is 0. The smallest absolute Gasteiger partial charge is 0.225 e. The molecule has 6 nitrogen and oxygen atoms in total. The molecule has 4 heterocycles. The highest BCUT2D eigenvalue weighted by Gasteiger charge is 2.42. The van der Waals surface area contributed by atoms with Gasteiger partial charge in [-0.2, -0.15) is 0 Å². The topological polar surface area (TPSA) is 58.0 Å². The van der Waals surface area contributed by atoms with E-state index in [0.717, 1.165) is 45.0 Å². The summed E-state index contributed by atoms with van der Waals surface area (Å²) < 4.78 is 13.0. The van der Waals surface area contributed by atoms with Crippen LogP contribution in [-0.2, 0) is 0 Å². The molecule has 2 aromatic heterocycles. The van der Waals surface area contributed by atoms with E-state index in [4.69, 9.17) is 0 Å². The van der Waals surface area contributed by atoms with E-state index >= 15 is 0 Å². The summed E-state index contributed by atoms with van der Waals surface area (Å²) in [6, 6.07) is 1.84. The molecule has 0 radical (unpaired) electrons. The second-order valence-corrected chi connectivity index (χ2v) is 6.45. The number of hydrogen-bond acceptors (Lipinski definition) is 6. The Kier molecular flexibility index (Phi) is 3.55. The first-order chi connectivity index (χ1) is 11.2. The predicted molar refractivity (Wildman–Crippen MR) is 84.7 cm³/mol. The molecule has 4 rings (SSSR count). The molecule has 2 aliphatic heterocycles. The Bertz CT molecular complexity index is 664. The van der Waals surface area contributed by atoms with Crippen LogP contribution in [0.5, 0.6) is 0 Å². The summed E-state index contributed by atoms with van der Waals surface area (Å²) in [5.41, 5.74) is 0.217. The Morgan fingerprint density at radius 1 is 0.870 bits per heavy atom. The highest BCUT2D eigenvalue weighted by Crippen LogP contribution is 2.40. The molecule has 2 aliphatic rings. The molecule has 2 fully saturated rings. The summed E-state index contributed by atoms with van der Waals surface area (Å²) in [6.07, 6.45) is 9.45. The fourth-order valence-electron chi connectivity index (χ4n) is 3.74. The van der Waals surface area contributed by atoms with Crippen molar-refractivity contribution >= 4 is 11.9 Å². The molecule has 7 heteroatoms. The van der Waals surface area contributed by atoms with Crippen LogP contribution < -0.4 is 9.80 Å². The summed E-state index contributed by atoms with van der Waals surface area (Å²) >= 11 is 0. The Balaban J connectivity index is 1.50. The second-order valence-electron chi connectivity index (χ2n) is 6.45. The van der Waals surface area contributed by atoms with E-state index in [0.29, 0.717) is 5.95 Å². The lowest BCUT2D eigenvalue weighted by Gasteiger charge is -2.40. The van der Waals surface area contributed by atoms with Crippen molar-refractivity contribution in [2.45, 2.75) is 19.3 Å². The summed E-state index contributed by atoms with van der Waals surface area (Å²) in [5.74, 6) is 1.04. The van der Waals surface area contributed by atoms with Crippen LogP contribution in [0.15, 0.2) is 30.9 Å².